The van der Waals surface area contributed by atoms with Crippen LogP contribution >= 0.6 is 11.3 Å². The van der Waals surface area contributed by atoms with Crippen LogP contribution in [-0.4, -0.2) is 23.4 Å². The highest BCUT2D eigenvalue weighted by molar-refractivity contribution is 7.14. The van der Waals surface area contributed by atoms with Crippen molar-refractivity contribution in [1.82, 2.24) is 4.90 Å². The lowest BCUT2D eigenvalue weighted by Crippen LogP contribution is -2.34. The molecule has 0 spiro atoms. The second-order valence-electron chi connectivity index (χ2n) is 4.33. The Kier molecular flexibility index (Phi) is 3.19. The van der Waals surface area contributed by atoms with E-state index in [1.165, 1.54) is 11.3 Å². The number of carbonyl (C=O) groups is 1. The van der Waals surface area contributed by atoms with Gasteiger partial charge in [0.25, 0.3) is 5.91 Å². The molecular weight excluding hydrogens is 220 g/mol. The van der Waals surface area contributed by atoms with E-state index in [1.54, 1.807) is 0 Å². The van der Waals surface area contributed by atoms with Crippen LogP contribution in [0.25, 0.3) is 0 Å². The molecule has 1 atom stereocenters. The van der Waals surface area contributed by atoms with E-state index in [2.05, 4.69) is 6.92 Å². The van der Waals surface area contributed by atoms with Crippen LogP contribution in [0, 0.1) is 6.92 Å². The van der Waals surface area contributed by atoms with E-state index in [4.69, 9.17) is 5.73 Å². The Morgan fingerprint density at radius 3 is 3.00 bits per heavy atom. The molecule has 2 heterocycles. The number of nitrogens with zero attached hydrogens (tertiary/aromatic N) is 1. The van der Waals surface area contributed by atoms with Gasteiger partial charge in [0.2, 0.25) is 0 Å². The summed E-state index contributed by atoms with van der Waals surface area (Å²) < 4.78 is 0. The number of nitrogen functional groups attached to an aromatic ring is 1. The number of carbonyl (C=O) groups excluding carboxylic acids is 1. The van der Waals surface area contributed by atoms with Crippen molar-refractivity contribution >= 4 is 22.9 Å². The highest BCUT2D eigenvalue weighted by Crippen LogP contribution is 2.28. The molecule has 1 aliphatic rings. The van der Waals surface area contributed by atoms with Crippen LogP contribution in [0.2, 0.25) is 0 Å². The Morgan fingerprint density at radius 2 is 2.44 bits per heavy atom. The smallest absolute Gasteiger partial charge is 0.264 e. The maximum absolute atomic E-state index is 12.3. The van der Waals surface area contributed by atoms with E-state index in [-0.39, 0.29) is 5.91 Å². The van der Waals surface area contributed by atoms with Crippen molar-refractivity contribution in [1.29, 1.82) is 0 Å². The second kappa shape index (κ2) is 4.45. The normalized spacial score (nSPS) is 20.4. The van der Waals surface area contributed by atoms with Crippen molar-refractivity contribution in [3.63, 3.8) is 0 Å². The topological polar surface area (TPSA) is 46.3 Å². The molecule has 3 nitrogen and oxygen atoms in total. The summed E-state index contributed by atoms with van der Waals surface area (Å²) in [6.45, 7) is 5.00. The van der Waals surface area contributed by atoms with E-state index in [1.807, 2.05) is 17.9 Å². The molecule has 0 radical (unpaired) electrons. The lowest BCUT2D eigenvalue weighted by atomic mass is 10.2. The minimum absolute atomic E-state index is 0.161. The molecule has 88 valence electrons. The van der Waals surface area contributed by atoms with Gasteiger partial charge < -0.3 is 10.6 Å². The van der Waals surface area contributed by atoms with Gasteiger partial charge in [-0.2, -0.15) is 0 Å². The average molecular weight is 238 g/mol. The maximum Gasteiger partial charge on any atom is 0.264 e. The molecule has 1 saturated heterocycles. The van der Waals surface area contributed by atoms with E-state index < -0.39 is 0 Å². The lowest BCUT2D eigenvalue weighted by Gasteiger charge is -2.22. The third-order valence-electron chi connectivity index (χ3n) is 3.28. The van der Waals surface area contributed by atoms with Crippen LogP contribution in [0.15, 0.2) is 6.07 Å². The van der Waals surface area contributed by atoms with Gasteiger partial charge in [-0.05, 0) is 32.3 Å². The molecule has 1 unspecified atom stereocenters. The van der Waals surface area contributed by atoms with Crippen LogP contribution in [-0.2, 0) is 0 Å². The first kappa shape index (κ1) is 11.5. The first-order valence-corrected chi connectivity index (χ1v) is 6.62. The van der Waals surface area contributed by atoms with Crippen molar-refractivity contribution in [2.45, 2.75) is 39.2 Å². The SMILES string of the molecule is CCC1CCCN1C(=O)c1cc(N)c(C)s1. The minimum atomic E-state index is 0.161. The summed E-state index contributed by atoms with van der Waals surface area (Å²) in [6, 6.07) is 2.24. The number of hydrogen-bond acceptors (Lipinski definition) is 3. The van der Waals surface area contributed by atoms with Crippen LogP contribution in [0.4, 0.5) is 5.69 Å². The lowest BCUT2D eigenvalue weighted by molar-refractivity contribution is 0.0738. The number of amides is 1. The Balaban J connectivity index is 2.18. The summed E-state index contributed by atoms with van der Waals surface area (Å²) in [7, 11) is 0. The highest BCUT2D eigenvalue weighted by atomic mass is 32.1. The third kappa shape index (κ3) is 1.94. The molecule has 2 N–H and O–H groups in total. The van der Waals surface area contributed by atoms with Crippen LogP contribution in [0.5, 0.6) is 0 Å². The molecule has 0 aliphatic carbocycles. The number of nitrogens with two attached hydrogens (primary N) is 1. The summed E-state index contributed by atoms with van der Waals surface area (Å²) in [6.07, 6.45) is 3.32. The van der Waals surface area contributed by atoms with Gasteiger partial charge in [0, 0.05) is 23.2 Å². The molecule has 4 heteroatoms. The maximum atomic E-state index is 12.3. The molecule has 16 heavy (non-hydrogen) atoms. The zero-order valence-electron chi connectivity index (χ0n) is 9.82. The zero-order valence-corrected chi connectivity index (χ0v) is 10.6. The summed E-state index contributed by atoms with van der Waals surface area (Å²) in [5, 5.41) is 0. The fraction of sp³-hybridized carbons (Fsp3) is 0.583. The molecule has 1 aromatic rings. The fourth-order valence-electron chi connectivity index (χ4n) is 2.27. The van der Waals surface area contributed by atoms with Gasteiger partial charge in [0.15, 0.2) is 0 Å². The van der Waals surface area contributed by atoms with Gasteiger partial charge in [-0.25, -0.2) is 0 Å². The van der Waals surface area contributed by atoms with Crippen LogP contribution in [0.1, 0.15) is 40.7 Å². The molecular formula is C12H18N2OS. The van der Waals surface area contributed by atoms with Crippen LogP contribution < -0.4 is 5.73 Å². The Labute approximate surface area is 100 Å². The zero-order chi connectivity index (χ0) is 11.7. The van der Waals surface area contributed by atoms with Crippen molar-refractivity contribution in [2.24, 2.45) is 0 Å². The predicted octanol–water partition coefficient (Wildman–Crippen LogP) is 2.65. The molecule has 1 aliphatic heterocycles. The van der Waals surface area contributed by atoms with Gasteiger partial charge in [-0.15, -0.1) is 11.3 Å². The summed E-state index contributed by atoms with van der Waals surface area (Å²) >= 11 is 1.51. The number of anilines is 1. The van der Waals surface area contributed by atoms with Crippen molar-refractivity contribution < 1.29 is 4.79 Å². The first-order chi connectivity index (χ1) is 7.63. The second-order valence-corrected chi connectivity index (χ2v) is 5.58. The van der Waals surface area contributed by atoms with E-state index in [9.17, 15) is 4.79 Å². The van der Waals surface area contributed by atoms with Gasteiger partial charge in [-0.3, -0.25) is 4.79 Å². The number of hydrogen-bond donors (Lipinski definition) is 1. The Morgan fingerprint density at radius 1 is 1.69 bits per heavy atom. The molecule has 1 fully saturated rings. The number of thiophene rings is 1. The van der Waals surface area contributed by atoms with Crippen molar-refractivity contribution in [2.75, 3.05) is 12.3 Å². The average Bonchev–Trinajstić information content (AvgIpc) is 2.85. The monoisotopic (exact) mass is 238 g/mol. The predicted molar refractivity (Wildman–Crippen MR) is 67.8 cm³/mol. The Hall–Kier alpha value is -1.03. The molecule has 0 bridgehead atoms. The quantitative estimate of drug-likeness (QED) is 0.861. The van der Waals surface area contributed by atoms with Gasteiger partial charge >= 0.3 is 0 Å². The van der Waals surface area contributed by atoms with E-state index in [0.717, 1.165) is 41.2 Å². The number of aryl methyl sites for hydroxylation is 1. The molecule has 1 amide bonds. The summed E-state index contributed by atoms with van der Waals surface area (Å²) in [4.78, 5) is 16.1. The van der Waals surface area contributed by atoms with E-state index >= 15 is 0 Å². The largest absolute Gasteiger partial charge is 0.398 e. The Bertz CT molecular complexity index is 380. The first-order valence-electron chi connectivity index (χ1n) is 5.80. The summed E-state index contributed by atoms with van der Waals surface area (Å²) in [5.74, 6) is 0.161. The van der Waals surface area contributed by atoms with Gasteiger partial charge in [0.1, 0.15) is 0 Å². The molecule has 1 aromatic heterocycles. The van der Waals surface area contributed by atoms with Gasteiger partial charge in [-0.1, -0.05) is 6.92 Å². The third-order valence-corrected chi connectivity index (χ3v) is 4.33. The van der Waals surface area contributed by atoms with Crippen molar-refractivity contribution in [3.8, 4) is 0 Å². The van der Waals surface area contributed by atoms with Crippen LogP contribution in [0.3, 0.4) is 0 Å². The molecule has 0 aromatic carbocycles. The minimum Gasteiger partial charge on any atom is -0.398 e. The molecule has 2 rings (SSSR count). The number of rotatable bonds is 2. The fourth-order valence-corrected chi connectivity index (χ4v) is 3.17. The number of likely N-dealkylation sites (tertiary alicyclic amines) is 1. The van der Waals surface area contributed by atoms with Gasteiger partial charge in [0.05, 0.1) is 4.88 Å². The van der Waals surface area contributed by atoms with E-state index in [0.29, 0.717) is 6.04 Å². The summed E-state index contributed by atoms with van der Waals surface area (Å²) in [5.41, 5.74) is 6.52. The van der Waals surface area contributed by atoms with Crippen molar-refractivity contribution in [3.05, 3.63) is 15.8 Å². The standard InChI is InChI=1S/C12H18N2OS/c1-3-9-5-4-6-14(9)12(15)11-7-10(13)8(2)16-11/h7,9H,3-6,13H2,1-2H3. The molecule has 0 saturated carbocycles. The highest BCUT2D eigenvalue weighted by Gasteiger charge is 2.28.